The van der Waals surface area contributed by atoms with E-state index in [1.54, 1.807) is 31.1 Å². The van der Waals surface area contributed by atoms with Crippen LogP contribution < -0.4 is 19.8 Å². The number of hydrogen-bond donors (Lipinski definition) is 0. The number of carbonyl (C=O) groups excluding carboxylic acids is 1. The maximum atomic E-state index is 14.1. The quantitative estimate of drug-likeness (QED) is 0.475. The predicted molar refractivity (Wildman–Crippen MR) is 125 cm³/mol. The van der Waals surface area contributed by atoms with Crippen LogP contribution in [0.15, 0.2) is 61.9 Å². The van der Waals surface area contributed by atoms with Gasteiger partial charge >= 0.3 is 12.1 Å². The number of carbonyl (C=O) groups is 1. The van der Waals surface area contributed by atoms with Crippen molar-refractivity contribution < 1.29 is 27.1 Å². The molecule has 1 aliphatic heterocycles. The van der Waals surface area contributed by atoms with Crippen molar-refractivity contribution in [2.45, 2.75) is 19.1 Å². The van der Waals surface area contributed by atoms with Gasteiger partial charge in [0, 0.05) is 31.3 Å². The zero-order chi connectivity index (χ0) is 25.5. The lowest BCUT2D eigenvalue weighted by Gasteiger charge is -2.26. The summed E-state index contributed by atoms with van der Waals surface area (Å²) < 4.78 is 54.0. The smallest absolute Gasteiger partial charge is 0.434 e. The number of allylic oxidation sites excluding steroid dienone is 1. The summed E-state index contributed by atoms with van der Waals surface area (Å²) in [5.74, 6) is -0.339. The normalized spacial score (nSPS) is 16.2. The number of hydrogen-bond acceptors (Lipinski definition) is 7. The van der Waals surface area contributed by atoms with Gasteiger partial charge < -0.3 is 14.1 Å². The van der Waals surface area contributed by atoms with E-state index < -0.39 is 35.0 Å². The summed E-state index contributed by atoms with van der Waals surface area (Å²) in [6.07, 6.45) is -3.54. The number of thiazole rings is 1. The fourth-order valence-corrected chi connectivity index (χ4v) is 4.70. The van der Waals surface area contributed by atoms with E-state index in [-0.39, 0.29) is 21.5 Å². The summed E-state index contributed by atoms with van der Waals surface area (Å²) in [5, 5.41) is 0.341. The maximum absolute atomic E-state index is 14.1. The second kappa shape index (κ2) is 9.38. The molecule has 184 valence electrons. The Balaban J connectivity index is 2.01. The molecule has 0 radical (unpaired) electrons. The van der Waals surface area contributed by atoms with E-state index >= 15 is 0 Å². The topological polar surface area (TPSA) is 77.0 Å². The minimum atomic E-state index is -4.97. The number of alkyl halides is 3. The van der Waals surface area contributed by atoms with Crippen molar-refractivity contribution in [2.75, 3.05) is 25.6 Å². The highest BCUT2D eigenvalue weighted by molar-refractivity contribution is 7.07. The number of aromatic nitrogens is 1. The lowest BCUT2D eigenvalue weighted by molar-refractivity contribution is -0.140. The second-order valence-electron chi connectivity index (χ2n) is 7.69. The number of halogens is 4. The molecule has 0 aliphatic carbocycles. The van der Waals surface area contributed by atoms with Gasteiger partial charge in [-0.2, -0.15) is 13.2 Å². The van der Waals surface area contributed by atoms with E-state index in [9.17, 15) is 22.8 Å². The molecule has 1 atom stereocenters. The summed E-state index contributed by atoms with van der Waals surface area (Å²) in [6.45, 7) is 1.32. The Morgan fingerprint density at radius 2 is 1.94 bits per heavy atom. The molecule has 1 aliphatic rings. The standard InChI is InChI=1S/C23H19ClF3N3O4S/c1-4-33-21(32)17-18(12-5-7-13(24)8-6-12)30-20(31)15(11-14-9-10-16(34-14)29(2)3)35-22(30)28-19(17)23(25,26)27/h5-11,18H,4H2,1-3H3/b15-11-/t18-/m1/s1. The molecule has 0 bridgehead atoms. The van der Waals surface area contributed by atoms with Crippen molar-refractivity contribution in [3.8, 4) is 0 Å². The second-order valence-corrected chi connectivity index (χ2v) is 9.13. The molecule has 0 saturated heterocycles. The molecule has 12 heteroatoms. The Hall–Kier alpha value is -3.31. The molecule has 4 rings (SSSR count). The lowest BCUT2D eigenvalue weighted by atomic mass is 9.95. The van der Waals surface area contributed by atoms with E-state index in [0.717, 1.165) is 15.9 Å². The van der Waals surface area contributed by atoms with Crippen molar-refractivity contribution >= 4 is 40.9 Å². The van der Waals surface area contributed by atoms with E-state index in [4.69, 9.17) is 20.8 Å². The summed E-state index contributed by atoms with van der Waals surface area (Å²) in [7, 11) is 3.55. The van der Waals surface area contributed by atoms with Crippen LogP contribution in [0.3, 0.4) is 0 Å². The van der Waals surface area contributed by atoms with Gasteiger partial charge in [0.05, 0.1) is 22.8 Å². The minimum absolute atomic E-state index is 0.0917. The fourth-order valence-electron chi connectivity index (χ4n) is 3.59. The van der Waals surface area contributed by atoms with Crippen molar-refractivity contribution in [3.63, 3.8) is 0 Å². The summed E-state index contributed by atoms with van der Waals surface area (Å²) in [4.78, 5) is 31.4. The van der Waals surface area contributed by atoms with Gasteiger partial charge in [-0.1, -0.05) is 35.1 Å². The van der Waals surface area contributed by atoms with Crippen LogP contribution >= 0.6 is 22.9 Å². The first-order valence-corrected chi connectivity index (χ1v) is 11.5. The molecule has 1 aromatic carbocycles. The highest BCUT2D eigenvalue weighted by Gasteiger charge is 2.45. The van der Waals surface area contributed by atoms with E-state index in [1.807, 2.05) is 0 Å². The number of furan rings is 1. The van der Waals surface area contributed by atoms with Crippen LogP contribution in [0.25, 0.3) is 6.08 Å². The Kier molecular flexibility index (Phi) is 6.65. The Labute approximate surface area is 206 Å². The summed E-state index contributed by atoms with van der Waals surface area (Å²) in [5.41, 5.74) is -2.56. The molecule has 7 nitrogen and oxygen atoms in total. The molecule has 0 spiro atoms. The Morgan fingerprint density at radius 1 is 1.26 bits per heavy atom. The minimum Gasteiger partial charge on any atom is -0.463 e. The Morgan fingerprint density at radius 3 is 2.51 bits per heavy atom. The first-order valence-electron chi connectivity index (χ1n) is 10.3. The maximum Gasteiger partial charge on any atom is 0.434 e. The molecule has 0 saturated carbocycles. The number of benzene rings is 1. The van der Waals surface area contributed by atoms with Gasteiger partial charge in [-0.25, -0.2) is 9.79 Å². The lowest BCUT2D eigenvalue weighted by Crippen LogP contribution is -2.41. The molecule has 0 N–H and O–H groups in total. The summed E-state index contributed by atoms with van der Waals surface area (Å²) >= 11 is 6.73. The van der Waals surface area contributed by atoms with E-state index in [0.29, 0.717) is 16.7 Å². The third-order valence-electron chi connectivity index (χ3n) is 5.11. The van der Waals surface area contributed by atoms with Crippen LogP contribution in [0.5, 0.6) is 0 Å². The largest absolute Gasteiger partial charge is 0.463 e. The number of fused-ring (bicyclic) bond motifs is 1. The predicted octanol–water partition coefficient (Wildman–Crippen LogP) is 3.65. The van der Waals surface area contributed by atoms with Crippen LogP contribution in [-0.2, 0) is 9.53 Å². The third kappa shape index (κ3) is 4.78. The molecule has 0 unspecified atom stereocenters. The highest BCUT2D eigenvalue weighted by Crippen LogP contribution is 2.38. The molecular weight excluding hydrogens is 507 g/mol. The van der Waals surface area contributed by atoms with Crippen molar-refractivity contribution in [3.05, 3.63) is 83.7 Å². The van der Waals surface area contributed by atoms with E-state index in [1.165, 1.54) is 37.3 Å². The molecular formula is C23H19ClF3N3O4S. The van der Waals surface area contributed by atoms with Gasteiger partial charge in [0.15, 0.2) is 16.4 Å². The first-order chi connectivity index (χ1) is 16.5. The molecule has 3 aromatic rings. The number of nitrogens with zero attached hydrogens (tertiary/aromatic N) is 3. The summed E-state index contributed by atoms with van der Waals surface area (Å²) in [6, 6.07) is 7.76. The van der Waals surface area contributed by atoms with Crippen LogP contribution in [0.4, 0.5) is 19.1 Å². The monoisotopic (exact) mass is 525 g/mol. The number of rotatable bonds is 5. The van der Waals surface area contributed by atoms with Crippen LogP contribution in [-0.4, -0.2) is 37.4 Å². The molecule has 0 amide bonds. The van der Waals surface area contributed by atoms with Crippen molar-refractivity contribution in [1.29, 1.82) is 0 Å². The van der Waals surface area contributed by atoms with Gasteiger partial charge in [0.2, 0.25) is 0 Å². The van der Waals surface area contributed by atoms with Crippen LogP contribution in [0, 0.1) is 0 Å². The zero-order valence-corrected chi connectivity index (χ0v) is 20.3. The highest BCUT2D eigenvalue weighted by atomic mass is 35.5. The first kappa shape index (κ1) is 24.8. The fraction of sp³-hybridized carbons (Fsp3) is 0.261. The van der Waals surface area contributed by atoms with Gasteiger partial charge in [-0.05, 0) is 30.7 Å². The zero-order valence-electron chi connectivity index (χ0n) is 18.7. The molecule has 35 heavy (non-hydrogen) atoms. The molecule has 2 aromatic heterocycles. The number of ether oxygens (including phenoxy) is 1. The van der Waals surface area contributed by atoms with Gasteiger partial charge in [-0.15, -0.1) is 0 Å². The third-order valence-corrected chi connectivity index (χ3v) is 6.34. The average molecular weight is 526 g/mol. The number of anilines is 1. The van der Waals surface area contributed by atoms with Gasteiger partial charge in [0.1, 0.15) is 5.76 Å². The van der Waals surface area contributed by atoms with Crippen LogP contribution in [0.2, 0.25) is 5.02 Å². The van der Waals surface area contributed by atoms with Crippen molar-refractivity contribution in [2.24, 2.45) is 4.99 Å². The van der Waals surface area contributed by atoms with Gasteiger partial charge in [-0.3, -0.25) is 9.36 Å². The van der Waals surface area contributed by atoms with Gasteiger partial charge in [0.25, 0.3) is 5.56 Å². The Bertz CT molecular complexity index is 1480. The van der Waals surface area contributed by atoms with E-state index in [2.05, 4.69) is 4.99 Å². The number of esters is 1. The molecule has 3 heterocycles. The average Bonchev–Trinajstić information content (AvgIpc) is 3.38. The van der Waals surface area contributed by atoms with Crippen molar-refractivity contribution in [1.82, 2.24) is 4.57 Å². The van der Waals surface area contributed by atoms with Crippen LogP contribution in [0.1, 0.15) is 24.3 Å². The SMILES string of the molecule is CCOC(=O)C1=C(C(F)(F)F)N=c2s/c(=C\c3ccc(N(C)C)o3)c(=O)n2[C@@H]1c1ccc(Cl)cc1. The molecule has 0 fully saturated rings.